The van der Waals surface area contributed by atoms with Gasteiger partial charge in [-0.15, -0.1) is 0 Å². The second-order valence-corrected chi connectivity index (χ2v) is 5.77. The first-order valence-electron chi connectivity index (χ1n) is 7.16. The summed E-state index contributed by atoms with van der Waals surface area (Å²) in [4.78, 5) is 11.9. The van der Waals surface area contributed by atoms with Gasteiger partial charge in [0.15, 0.2) is 6.61 Å². The average Bonchev–Trinajstić information content (AvgIpc) is 2.44. The second kappa shape index (κ2) is 7.31. The Bertz CT molecular complexity index is 484. The van der Waals surface area contributed by atoms with Gasteiger partial charge in [-0.1, -0.05) is 13.0 Å². The summed E-state index contributed by atoms with van der Waals surface area (Å²) in [6.07, 6.45) is 0.850. The molecule has 1 aromatic carbocycles. The molecule has 0 bridgehead atoms. The van der Waals surface area contributed by atoms with Crippen LogP contribution < -0.4 is 20.5 Å². The van der Waals surface area contributed by atoms with E-state index in [1.807, 2.05) is 39.8 Å². The molecule has 1 amide bonds. The molecule has 118 valence electrons. The van der Waals surface area contributed by atoms with Gasteiger partial charge in [-0.05, 0) is 33.3 Å². The molecule has 5 nitrogen and oxygen atoms in total. The molecule has 0 aromatic heterocycles. The van der Waals surface area contributed by atoms with Crippen molar-refractivity contribution in [2.75, 3.05) is 13.7 Å². The molecule has 0 spiro atoms. The summed E-state index contributed by atoms with van der Waals surface area (Å²) >= 11 is 0. The Hall–Kier alpha value is -1.75. The fourth-order valence-electron chi connectivity index (χ4n) is 1.79. The summed E-state index contributed by atoms with van der Waals surface area (Å²) in [5, 5.41) is 2.93. The highest BCUT2D eigenvalue weighted by molar-refractivity contribution is 5.78. The smallest absolute Gasteiger partial charge is 0.258 e. The summed E-state index contributed by atoms with van der Waals surface area (Å²) in [5.41, 5.74) is 6.52. The minimum absolute atomic E-state index is 0.0453. The van der Waals surface area contributed by atoms with Crippen molar-refractivity contribution in [3.05, 3.63) is 23.8 Å². The van der Waals surface area contributed by atoms with Crippen molar-refractivity contribution in [2.24, 2.45) is 5.73 Å². The van der Waals surface area contributed by atoms with Gasteiger partial charge in [-0.25, -0.2) is 0 Å². The minimum atomic E-state index is -0.237. The zero-order valence-electron chi connectivity index (χ0n) is 13.5. The molecule has 0 aliphatic rings. The number of amides is 1. The number of methoxy groups -OCH3 is 1. The molecule has 1 rings (SSSR count). The third-order valence-corrected chi connectivity index (χ3v) is 3.43. The lowest BCUT2D eigenvalue weighted by atomic mass is 10.0. The lowest BCUT2D eigenvalue weighted by molar-refractivity contribution is -0.124. The van der Waals surface area contributed by atoms with Crippen LogP contribution in [0.3, 0.4) is 0 Å². The van der Waals surface area contributed by atoms with E-state index in [9.17, 15) is 4.79 Å². The Morgan fingerprint density at radius 3 is 2.62 bits per heavy atom. The van der Waals surface area contributed by atoms with Crippen LogP contribution in [-0.4, -0.2) is 25.2 Å². The molecule has 0 radical (unpaired) electrons. The maximum absolute atomic E-state index is 11.9. The van der Waals surface area contributed by atoms with Gasteiger partial charge in [0, 0.05) is 23.2 Å². The second-order valence-electron chi connectivity index (χ2n) is 5.77. The van der Waals surface area contributed by atoms with Gasteiger partial charge >= 0.3 is 0 Å². The van der Waals surface area contributed by atoms with Crippen LogP contribution in [0.25, 0.3) is 0 Å². The third-order valence-electron chi connectivity index (χ3n) is 3.43. The number of nitrogens with two attached hydrogens (primary N) is 1. The van der Waals surface area contributed by atoms with Crippen LogP contribution >= 0.6 is 0 Å². The molecule has 0 aliphatic heterocycles. The molecule has 3 N–H and O–H groups in total. The molecule has 0 fully saturated rings. The molecule has 0 saturated heterocycles. The summed E-state index contributed by atoms with van der Waals surface area (Å²) in [5.74, 6) is 1.10. The first kappa shape index (κ1) is 17.3. The van der Waals surface area contributed by atoms with Crippen molar-refractivity contribution in [1.29, 1.82) is 0 Å². The molecular formula is C16H26N2O3. The number of rotatable bonds is 7. The number of carbonyl (C=O) groups is 1. The highest BCUT2D eigenvalue weighted by atomic mass is 16.5. The first-order valence-corrected chi connectivity index (χ1v) is 7.16. The predicted octanol–water partition coefficient (Wildman–Crippen LogP) is 2.40. The van der Waals surface area contributed by atoms with Crippen LogP contribution in [-0.2, 0) is 4.79 Å². The van der Waals surface area contributed by atoms with Crippen LogP contribution in [0.4, 0.5) is 0 Å². The Morgan fingerprint density at radius 2 is 2.10 bits per heavy atom. The van der Waals surface area contributed by atoms with Crippen LogP contribution in [0.1, 0.15) is 45.7 Å². The van der Waals surface area contributed by atoms with Gasteiger partial charge in [0.2, 0.25) is 0 Å². The average molecular weight is 294 g/mol. The van der Waals surface area contributed by atoms with E-state index in [4.69, 9.17) is 15.2 Å². The monoisotopic (exact) mass is 294 g/mol. The Labute approximate surface area is 126 Å². The molecule has 1 aromatic rings. The number of benzene rings is 1. The maximum atomic E-state index is 11.9. The Balaban J connectivity index is 2.76. The number of carbonyl (C=O) groups excluding carboxylic acids is 1. The number of hydrogen-bond donors (Lipinski definition) is 2. The molecule has 0 saturated carbocycles. The maximum Gasteiger partial charge on any atom is 0.258 e. The zero-order valence-corrected chi connectivity index (χ0v) is 13.5. The van der Waals surface area contributed by atoms with E-state index < -0.39 is 0 Å². The van der Waals surface area contributed by atoms with Gasteiger partial charge in [-0.3, -0.25) is 4.79 Å². The molecule has 21 heavy (non-hydrogen) atoms. The summed E-state index contributed by atoms with van der Waals surface area (Å²) in [6, 6.07) is 5.25. The standard InChI is InChI=1S/C16H26N2O3/c1-6-16(3,4)18-15(19)10-21-14-9-12(20-5)7-8-13(14)11(2)17/h7-9,11H,6,10,17H2,1-5H3,(H,18,19)/t11-/m1/s1. The van der Waals surface area contributed by atoms with E-state index in [0.29, 0.717) is 11.5 Å². The fraction of sp³-hybridized carbons (Fsp3) is 0.562. The Morgan fingerprint density at radius 1 is 1.43 bits per heavy atom. The first-order chi connectivity index (χ1) is 9.79. The molecule has 1 atom stereocenters. The predicted molar refractivity (Wildman–Crippen MR) is 83.6 cm³/mol. The van der Waals surface area contributed by atoms with Crippen molar-refractivity contribution >= 4 is 5.91 Å². The van der Waals surface area contributed by atoms with Crippen molar-refractivity contribution in [3.8, 4) is 11.5 Å². The van der Waals surface area contributed by atoms with Gasteiger partial charge < -0.3 is 20.5 Å². The SMILES string of the molecule is CCC(C)(C)NC(=O)COc1cc(OC)ccc1[C@@H](C)N. The quantitative estimate of drug-likeness (QED) is 0.810. The van der Waals surface area contributed by atoms with Gasteiger partial charge in [0.1, 0.15) is 11.5 Å². The largest absolute Gasteiger partial charge is 0.497 e. The molecule has 0 aliphatic carbocycles. The summed E-state index contributed by atoms with van der Waals surface area (Å²) in [7, 11) is 1.58. The summed E-state index contributed by atoms with van der Waals surface area (Å²) < 4.78 is 10.8. The molecule has 0 unspecified atom stereocenters. The lowest BCUT2D eigenvalue weighted by Gasteiger charge is -2.24. The molecule has 0 heterocycles. The number of ether oxygens (including phenoxy) is 2. The van der Waals surface area contributed by atoms with Crippen LogP contribution in [0.15, 0.2) is 18.2 Å². The van der Waals surface area contributed by atoms with Gasteiger partial charge in [0.25, 0.3) is 5.91 Å². The lowest BCUT2D eigenvalue weighted by Crippen LogP contribution is -2.44. The highest BCUT2D eigenvalue weighted by Crippen LogP contribution is 2.28. The van der Waals surface area contributed by atoms with Crippen molar-refractivity contribution in [1.82, 2.24) is 5.32 Å². The van der Waals surface area contributed by atoms with Gasteiger partial charge in [0.05, 0.1) is 7.11 Å². The van der Waals surface area contributed by atoms with Gasteiger partial charge in [-0.2, -0.15) is 0 Å². The van der Waals surface area contributed by atoms with E-state index in [1.165, 1.54) is 0 Å². The molecular weight excluding hydrogens is 268 g/mol. The molecule has 5 heteroatoms. The van der Waals surface area contributed by atoms with Crippen LogP contribution in [0.5, 0.6) is 11.5 Å². The van der Waals surface area contributed by atoms with E-state index in [1.54, 1.807) is 13.2 Å². The van der Waals surface area contributed by atoms with Crippen molar-refractivity contribution < 1.29 is 14.3 Å². The Kier molecular flexibility index (Phi) is 6.03. The normalized spacial score (nSPS) is 12.7. The third kappa shape index (κ3) is 5.27. The number of nitrogens with one attached hydrogen (secondary N) is 1. The van der Waals surface area contributed by atoms with Crippen molar-refractivity contribution in [2.45, 2.75) is 45.7 Å². The van der Waals surface area contributed by atoms with Crippen molar-refractivity contribution in [3.63, 3.8) is 0 Å². The topological polar surface area (TPSA) is 73.6 Å². The van der Waals surface area contributed by atoms with E-state index >= 15 is 0 Å². The fourth-order valence-corrected chi connectivity index (χ4v) is 1.79. The highest BCUT2D eigenvalue weighted by Gasteiger charge is 2.18. The van der Waals surface area contributed by atoms with Crippen LogP contribution in [0.2, 0.25) is 0 Å². The summed E-state index contributed by atoms with van der Waals surface area (Å²) in [6.45, 7) is 7.80. The van der Waals surface area contributed by atoms with Crippen LogP contribution in [0, 0.1) is 0 Å². The number of hydrogen-bond acceptors (Lipinski definition) is 4. The van der Waals surface area contributed by atoms with E-state index in [2.05, 4.69) is 5.32 Å². The minimum Gasteiger partial charge on any atom is -0.497 e. The van der Waals surface area contributed by atoms with E-state index in [-0.39, 0.29) is 24.1 Å². The zero-order chi connectivity index (χ0) is 16.0. The van der Waals surface area contributed by atoms with E-state index in [0.717, 1.165) is 12.0 Å².